The van der Waals surface area contributed by atoms with Crippen LogP contribution in [0.15, 0.2) is 39.9 Å². The first kappa shape index (κ1) is 24.1. The summed E-state index contributed by atoms with van der Waals surface area (Å²) in [7, 11) is 1.55. The third-order valence-corrected chi connectivity index (χ3v) is 7.90. The van der Waals surface area contributed by atoms with Crippen molar-refractivity contribution >= 4 is 35.1 Å². The topological polar surface area (TPSA) is 131 Å². The van der Waals surface area contributed by atoms with E-state index in [0.29, 0.717) is 31.6 Å². The molecule has 3 heterocycles. The van der Waals surface area contributed by atoms with Crippen molar-refractivity contribution in [3.05, 3.63) is 56.7 Å². The molecule has 2 aromatic rings. The summed E-state index contributed by atoms with van der Waals surface area (Å²) in [5, 5.41) is 0. The van der Waals surface area contributed by atoms with Gasteiger partial charge in [-0.1, -0.05) is 30.3 Å². The van der Waals surface area contributed by atoms with Crippen molar-refractivity contribution in [3.63, 3.8) is 0 Å². The molecule has 3 N–H and O–H groups in total. The van der Waals surface area contributed by atoms with Crippen molar-refractivity contribution < 1.29 is 14.3 Å². The number of methoxy groups -OCH3 is 1. The number of nitrogen functional groups attached to an aromatic ring is 1. The molecule has 0 spiro atoms. The summed E-state index contributed by atoms with van der Waals surface area (Å²) in [5.41, 5.74) is 5.71. The minimum Gasteiger partial charge on any atom is -0.385 e. The van der Waals surface area contributed by atoms with Gasteiger partial charge in [0.1, 0.15) is 11.9 Å². The molecule has 2 fully saturated rings. The van der Waals surface area contributed by atoms with E-state index in [2.05, 4.69) is 4.98 Å². The van der Waals surface area contributed by atoms with Crippen molar-refractivity contribution in [2.75, 3.05) is 36.6 Å². The molecule has 2 aliphatic rings. The maximum Gasteiger partial charge on any atom is 0.330 e. The molecule has 0 saturated carbocycles. The van der Waals surface area contributed by atoms with E-state index in [0.717, 1.165) is 5.56 Å². The van der Waals surface area contributed by atoms with Crippen molar-refractivity contribution in [2.24, 2.45) is 0 Å². The van der Waals surface area contributed by atoms with Crippen molar-refractivity contribution in [1.29, 1.82) is 0 Å². The van der Waals surface area contributed by atoms with Gasteiger partial charge in [-0.05, 0) is 25.3 Å². The Morgan fingerprint density at radius 3 is 2.74 bits per heavy atom. The number of rotatable bonds is 8. The number of anilines is 2. The Kier molecular flexibility index (Phi) is 6.85. The van der Waals surface area contributed by atoms with E-state index < -0.39 is 22.2 Å². The molecule has 10 nitrogen and oxygen atoms in total. The lowest BCUT2D eigenvalue weighted by Crippen LogP contribution is -2.53. The number of nitrogens with one attached hydrogen (secondary N) is 1. The highest BCUT2D eigenvalue weighted by atomic mass is 32.2. The van der Waals surface area contributed by atoms with Crippen LogP contribution in [-0.2, 0) is 20.9 Å². The number of carbonyl (C=O) groups is 2. The number of carbonyl (C=O) groups excluding carboxylic acids is 2. The number of ether oxygens (including phenoxy) is 1. The number of fused-ring (bicyclic) bond motifs is 1. The second-order valence-corrected chi connectivity index (χ2v) is 10.2. The van der Waals surface area contributed by atoms with E-state index in [1.54, 1.807) is 23.8 Å². The van der Waals surface area contributed by atoms with Crippen LogP contribution in [0.1, 0.15) is 31.7 Å². The lowest BCUT2D eigenvalue weighted by atomic mass is 10.1. The summed E-state index contributed by atoms with van der Waals surface area (Å²) in [4.78, 5) is 56.8. The van der Waals surface area contributed by atoms with E-state index in [9.17, 15) is 19.2 Å². The Morgan fingerprint density at radius 2 is 2.03 bits per heavy atom. The summed E-state index contributed by atoms with van der Waals surface area (Å²) >= 11 is 1.57. The van der Waals surface area contributed by atoms with Gasteiger partial charge >= 0.3 is 5.69 Å². The molecule has 0 unspecified atom stereocenters. The molecule has 2 saturated heterocycles. The highest BCUT2D eigenvalue weighted by molar-refractivity contribution is 8.01. The molecule has 182 valence electrons. The zero-order valence-electron chi connectivity index (χ0n) is 19.3. The number of aromatic nitrogens is 2. The number of nitrogens with two attached hydrogens (primary N) is 1. The maximum atomic E-state index is 13.8. The largest absolute Gasteiger partial charge is 0.385 e. The lowest BCUT2D eigenvalue weighted by Gasteiger charge is -2.33. The van der Waals surface area contributed by atoms with E-state index in [-0.39, 0.29) is 36.4 Å². The fraction of sp³-hybridized carbons (Fsp3) is 0.478. The highest BCUT2D eigenvalue weighted by Gasteiger charge is 2.54. The summed E-state index contributed by atoms with van der Waals surface area (Å²) in [6.07, 6.45) is 1.51. The molecule has 2 atom stereocenters. The fourth-order valence-electron chi connectivity index (χ4n) is 4.64. The fourth-order valence-corrected chi connectivity index (χ4v) is 6.07. The Hall–Kier alpha value is -3.05. The van der Waals surface area contributed by atoms with Gasteiger partial charge in [0.15, 0.2) is 5.69 Å². The van der Waals surface area contributed by atoms with Crippen LogP contribution >= 0.6 is 11.8 Å². The molecule has 0 bridgehead atoms. The molecule has 2 amide bonds. The zero-order valence-corrected chi connectivity index (χ0v) is 20.1. The SMILES string of the molecule is COCCCN(C(=O)[C@H]1CS[C@@]2(C)CCC(=O)N12)c1c(N)n(Cc2ccccc2)c(=O)[nH]c1=O. The number of benzene rings is 1. The number of hydrogen-bond acceptors (Lipinski definition) is 7. The number of thioether (sulfide) groups is 1. The van der Waals surface area contributed by atoms with Crippen molar-refractivity contribution in [3.8, 4) is 0 Å². The highest BCUT2D eigenvalue weighted by Crippen LogP contribution is 2.47. The van der Waals surface area contributed by atoms with Crippen LogP contribution in [-0.4, -0.2) is 63.2 Å². The monoisotopic (exact) mass is 487 g/mol. The van der Waals surface area contributed by atoms with Crippen LogP contribution in [0.2, 0.25) is 0 Å². The van der Waals surface area contributed by atoms with E-state index in [1.807, 2.05) is 37.3 Å². The second-order valence-electron chi connectivity index (χ2n) is 8.67. The van der Waals surface area contributed by atoms with Gasteiger partial charge in [-0.3, -0.25) is 23.9 Å². The second kappa shape index (κ2) is 9.67. The normalized spacial score (nSPS) is 21.6. The van der Waals surface area contributed by atoms with Crippen molar-refractivity contribution in [1.82, 2.24) is 14.5 Å². The Bertz CT molecular complexity index is 1200. The number of amides is 2. The van der Waals surface area contributed by atoms with Gasteiger partial charge in [0, 0.05) is 32.4 Å². The first-order chi connectivity index (χ1) is 16.3. The average molecular weight is 488 g/mol. The molecule has 34 heavy (non-hydrogen) atoms. The quantitative estimate of drug-likeness (QED) is 0.531. The van der Waals surface area contributed by atoms with E-state index >= 15 is 0 Å². The lowest BCUT2D eigenvalue weighted by molar-refractivity contribution is -0.136. The van der Waals surface area contributed by atoms with Gasteiger partial charge in [-0.2, -0.15) is 0 Å². The average Bonchev–Trinajstić information content (AvgIpc) is 3.31. The zero-order chi connectivity index (χ0) is 24.5. The van der Waals surface area contributed by atoms with Gasteiger partial charge in [0.05, 0.1) is 11.4 Å². The van der Waals surface area contributed by atoms with Crippen LogP contribution in [0.5, 0.6) is 0 Å². The predicted octanol–water partition coefficient (Wildman–Crippen LogP) is 0.991. The molecule has 2 aliphatic heterocycles. The Labute approximate surface area is 201 Å². The molecule has 1 aromatic carbocycles. The van der Waals surface area contributed by atoms with Crippen molar-refractivity contribution in [2.45, 2.75) is 43.6 Å². The standard InChI is InChI=1S/C23H29N5O5S/c1-23-10-9-17(29)28(23)16(14-34-23)21(31)26(11-6-12-33-2)18-19(24)27(22(32)25-20(18)30)13-15-7-4-3-5-8-15/h3-5,7-8,16H,6,9-14,24H2,1-2H3,(H,25,30,32)/t16-,23+/m1/s1. The summed E-state index contributed by atoms with van der Waals surface area (Å²) in [6, 6.07) is 8.51. The van der Waals surface area contributed by atoms with E-state index in [4.69, 9.17) is 10.5 Å². The van der Waals surface area contributed by atoms with Crippen LogP contribution < -0.4 is 21.9 Å². The van der Waals surface area contributed by atoms with Gasteiger partial charge in [-0.25, -0.2) is 4.79 Å². The summed E-state index contributed by atoms with van der Waals surface area (Å²) in [5.74, 6) is -0.114. The molecular formula is C23H29N5O5S. The van der Waals surface area contributed by atoms with Gasteiger partial charge in [-0.15, -0.1) is 11.8 Å². The first-order valence-electron chi connectivity index (χ1n) is 11.2. The summed E-state index contributed by atoms with van der Waals surface area (Å²) < 4.78 is 6.39. The summed E-state index contributed by atoms with van der Waals surface area (Å²) in [6.45, 7) is 2.62. The van der Waals surface area contributed by atoms with Crippen LogP contribution in [0.4, 0.5) is 11.5 Å². The van der Waals surface area contributed by atoms with Crippen LogP contribution in [0.3, 0.4) is 0 Å². The third kappa shape index (κ3) is 4.37. The molecule has 11 heteroatoms. The van der Waals surface area contributed by atoms with Gasteiger partial charge < -0.3 is 20.3 Å². The molecule has 0 aliphatic carbocycles. The number of H-pyrrole nitrogens is 1. The molecule has 0 radical (unpaired) electrons. The predicted molar refractivity (Wildman–Crippen MR) is 131 cm³/mol. The molecule has 4 rings (SSSR count). The number of nitrogens with zero attached hydrogens (tertiary/aromatic N) is 3. The van der Waals surface area contributed by atoms with Gasteiger partial charge in [0.25, 0.3) is 11.5 Å². The first-order valence-corrected chi connectivity index (χ1v) is 12.2. The van der Waals surface area contributed by atoms with Gasteiger partial charge in [0.2, 0.25) is 5.91 Å². The molecule has 1 aromatic heterocycles. The molecular weight excluding hydrogens is 458 g/mol. The van der Waals surface area contributed by atoms with E-state index in [1.165, 1.54) is 9.47 Å². The maximum absolute atomic E-state index is 13.8. The van der Waals surface area contributed by atoms with Crippen LogP contribution in [0, 0.1) is 0 Å². The number of aromatic amines is 1. The smallest absolute Gasteiger partial charge is 0.330 e. The van der Waals surface area contributed by atoms with Crippen LogP contribution in [0.25, 0.3) is 0 Å². The number of hydrogen-bond donors (Lipinski definition) is 2. The Balaban J connectivity index is 1.74. The Morgan fingerprint density at radius 1 is 1.29 bits per heavy atom. The minimum absolute atomic E-state index is 0.0707. The third-order valence-electron chi connectivity index (χ3n) is 6.39. The minimum atomic E-state index is -0.737.